The molecular formula is C29H57N3O2. The maximum atomic E-state index is 12.1. The Balaban J connectivity index is 1.82. The molecule has 0 aliphatic carbocycles. The van der Waals surface area contributed by atoms with Crippen LogP contribution in [0.5, 0.6) is 0 Å². The molecule has 1 saturated heterocycles. The topological polar surface area (TPSA) is 44.8 Å². The average molecular weight is 480 g/mol. The number of rotatable bonds is 19. The van der Waals surface area contributed by atoms with E-state index in [0.717, 1.165) is 45.8 Å². The fourth-order valence-corrected chi connectivity index (χ4v) is 4.34. The summed E-state index contributed by atoms with van der Waals surface area (Å²) >= 11 is 0. The first-order valence-corrected chi connectivity index (χ1v) is 14.5. The van der Waals surface area contributed by atoms with Crippen LogP contribution in [0.25, 0.3) is 0 Å². The van der Waals surface area contributed by atoms with E-state index in [1.165, 1.54) is 89.9 Å². The average Bonchev–Trinajstić information content (AvgIpc) is 2.80. The molecule has 1 amide bonds. The van der Waals surface area contributed by atoms with Crippen molar-refractivity contribution in [2.24, 2.45) is 0 Å². The molecule has 34 heavy (non-hydrogen) atoms. The van der Waals surface area contributed by atoms with E-state index in [9.17, 15) is 4.79 Å². The summed E-state index contributed by atoms with van der Waals surface area (Å²) in [7, 11) is 0. The second-order valence-electron chi connectivity index (χ2n) is 11.0. The third-order valence-electron chi connectivity index (χ3n) is 6.49. The van der Waals surface area contributed by atoms with Crippen LogP contribution in [0.2, 0.25) is 0 Å². The Labute approximate surface area is 212 Å². The second-order valence-corrected chi connectivity index (χ2v) is 11.0. The van der Waals surface area contributed by atoms with E-state index in [0.29, 0.717) is 0 Å². The van der Waals surface area contributed by atoms with Crippen molar-refractivity contribution in [3.63, 3.8) is 0 Å². The van der Waals surface area contributed by atoms with Crippen LogP contribution in [0.4, 0.5) is 4.79 Å². The molecular weight excluding hydrogens is 422 g/mol. The number of carbonyl (C=O) groups is 1. The van der Waals surface area contributed by atoms with E-state index in [1.54, 1.807) is 0 Å². The molecule has 1 heterocycles. The van der Waals surface area contributed by atoms with Gasteiger partial charge in [-0.2, -0.15) is 0 Å². The maximum absolute atomic E-state index is 12.1. The molecule has 1 aliphatic heterocycles. The Kier molecular flexibility index (Phi) is 18.4. The predicted molar refractivity (Wildman–Crippen MR) is 147 cm³/mol. The fraction of sp³-hybridized carbons (Fsp3) is 0.897. The van der Waals surface area contributed by atoms with Gasteiger partial charge in [0, 0.05) is 39.3 Å². The highest BCUT2D eigenvalue weighted by atomic mass is 16.6. The molecule has 200 valence electrons. The number of ether oxygens (including phenoxy) is 1. The lowest BCUT2D eigenvalue weighted by Gasteiger charge is -2.35. The molecule has 0 bridgehead atoms. The van der Waals surface area contributed by atoms with Crippen LogP contribution in [-0.2, 0) is 4.74 Å². The quantitative estimate of drug-likeness (QED) is 0.158. The minimum Gasteiger partial charge on any atom is -0.444 e. The third-order valence-corrected chi connectivity index (χ3v) is 6.49. The summed E-state index contributed by atoms with van der Waals surface area (Å²) in [5, 5.41) is 3.59. The number of amides is 1. The summed E-state index contributed by atoms with van der Waals surface area (Å²) in [4.78, 5) is 16.4. The van der Waals surface area contributed by atoms with Crippen LogP contribution in [0.1, 0.15) is 118 Å². The van der Waals surface area contributed by atoms with Crippen LogP contribution in [0, 0.1) is 0 Å². The van der Waals surface area contributed by atoms with Gasteiger partial charge in [0.15, 0.2) is 0 Å². The van der Waals surface area contributed by atoms with Crippen molar-refractivity contribution in [3.8, 4) is 0 Å². The van der Waals surface area contributed by atoms with E-state index in [4.69, 9.17) is 4.74 Å². The Morgan fingerprint density at radius 2 is 1.29 bits per heavy atom. The van der Waals surface area contributed by atoms with Crippen LogP contribution in [0.3, 0.4) is 0 Å². The summed E-state index contributed by atoms with van der Waals surface area (Å²) in [6, 6.07) is 0. The van der Waals surface area contributed by atoms with E-state index in [1.807, 2.05) is 25.7 Å². The van der Waals surface area contributed by atoms with Gasteiger partial charge in [0.1, 0.15) is 5.60 Å². The highest BCUT2D eigenvalue weighted by Gasteiger charge is 2.25. The summed E-state index contributed by atoms with van der Waals surface area (Å²) < 4.78 is 5.47. The van der Waals surface area contributed by atoms with Gasteiger partial charge in [-0.3, -0.25) is 4.90 Å². The molecule has 0 aromatic rings. The molecule has 1 aliphatic rings. The molecule has 0 saturated carbocycles. The number of hydrogen-bond donors (Lipinski definition) is 1. The first-order valence-electron chi connectivity index (χ1n) is 14.5. The van der Waals surface area contributed by atoms with Gasteiger partial charge in [0.25, 0.3) is 0 Å². The van der Waals surface area contributed by atoms with Crippen molar-refractivity contribution >= 4 is 6.09 Å². The molecule has 1 fully saturated rings. The number of nitrogens with zero attached hydrogens (tertiary/aromatic N) is 2. The highest BCUT2D eigenvalue weighted by molar-refractivity contribution is 5.68. The van der Waals surface area contributed by atoms with Crippen LogP contribution >= 0.6 is 0 Å². The van der Waals surface area contributed by atoms with E-state index in [2.05, 4.69) is 29.3 Å². The predicted octanol–water partition coefficient (Wildman–Crippen LogP) is 7.17. The number of allylic oxidation sites excluding steroid dienone is 2. The van der Waals surface area contributed by atoms with Gasteiger partial charge in [-0.05, 0) is 59.4 Å². The molecule has 1 N–H and O–H groups in total. The molecule has 0 aromatic carbocycles. The molecule has 0 unspecified atom stereocenters. The normalized spacial score (nSPS) is 15.4. The van der Waals surface area contributed by atoms with Crippen molar-refractivity contribution < 1.29 is 9.53 Å². The van der Waals surface area contributed by atoms with Gasteiger partial charge in [-0.15, -0.1) is 0 Å². The van der Waals surface area contributed by atoms with Crippen LogP contribution in [0.15, 0.2) is 12.2 Å². The zero-order chi connectivity index (χ0) is 24.9. The fourth-order valence-electron chi connectivity index (χ4n) is 4.34. The van der Waals surface area contributed by atoms with Crippen LogP contribution < -0.4 is 5.32 Å². The summed E-state index contributed by atoms with van der Waals surface area (Å²) in [5.74, 6) is 0. The Bertz CT molecular complexity index is 508. The van der Waals surface area contributed by atoms with Gasteiger partial charge >= 0.3 is 6.09 Å². The number of hydrogen-bond acceptors (Lipinski definition) is 4. The Morgan fingerprint density at radius 1 is 0.765 bits per heavy atom. The first kappa shape index (κ1) is 31.0. The number of piperazine rings is 1. The Morgan fingerprint density at radius 3 is 1.85 bits per heavy atom. The molecule has 1 rings (SSSR count). The maximum Gasteiger partial charge on any atom is 0.410 e. The van der Waals surface area contributed by atoms with Gasteiger partial charge in [0.2, 0.25) is 0 Å². The molecule has 0 spiro atoms. The number of unbranched alkanes of at least 4 members (excludes halogenated alkanes) is 12. The number of carbonyl (C=O) groups excluding carboxylic acids is 1. The van der Waals surface area contributed by atoms with Crippen molar-refractivity contribution in [1.82, 2.24) is 15.1 Å². The summed E-state index contributed by atoms with van der Waals surface area (Å²) in [6.45, 7) is 14.7. The number of nitrogens with one attached hydrogen (secondary N) is 1. The van der Waals surface area contributed by atoms with Gasteiger partial charge < -0.3 is 15.0 Å². The minimum atomic E-state index is -0.415. The lowest BCUT2D eigenvalue weighted by atomic mass is 10.1. The first-order chi connectivity index (χ1) is 16.4. The second kappa shape index (κ2) is 20.2. The van der Waals surface area contributed by atoms with Crippen LogP contribution in [-0.4, -0.2) is 67.3 Å². The Hall–Kier alpha value is -1.07. The largest absolute Gasteiger partial charge is 0.444 e. The monoisotopic (exact) mass is 479 g/mol. The van der Waals surface area contributed by atoms with Gasteiger partial charge in [0.05, 0.1) is 0 Å². The molecule has 0 aromatic heterocycles. The van der Waals surface area contributed by atoms with E-state index < -0.39 is 5.60 Å². The van der Waals surface area contributed by atoms with E-state index >= 15 is 0 Å². The van der Waals surface area contributed by atoms with Crippen molar-refractivity contribution in [1.29, 1.82) is 0 Å². The lowest BCUT2D eigenvalue weighted by molar-refractivity contribution is 0.0146. The van der Waals surface area contributed by atoms with E-state index in [-0.39, 0.29) is 6.09 Å². The standard InChI is InChI=1S/C29H57N3O2/c1-5-6-7-8-9-10-11-12-13-14-15-16-17-18-19-20-21-30-22-23-31-24-26-32(27-25-31)28(33)34-29(2,3)4/h12-13,30H,5-11,14-27H2,1-4H3/b13-12-. The molecule has 5 heteroatoms. The smallest absolute Gasteiger partial charge is 0.410 e. The molecule has 0 radical (unpaired) electrons. The zero-order valence-electron chi connectivity index (χ0n) is 23.2. The molecule has 0 atom stereocenters. The zero-order valence-corrected chi connectivity index (χ0v) is 23.2. The van der Waals surface area contributed by atoms with Gasteiger partial charge in [-0.1, -0.05) is 76.9 Å². The molecule has 5 nitrogen and oxygen atoms in total. The highest BCUT2D eigenvalue weighted by Crippen LogP contribution is 2.12. The SMILES string of the molecule is CCCCCCCC/C=C\CCCCCCCCNCCN1CCN(C(=O)OC(C)(C)C)CC1. The lowest BCUT2D eigenvalue weighted by Crippen LogP contribution is -2.51. The minimum absolute atomic E-state index is 0.176. The van der Waals surface area contributed by atoms with Crippen molar-refractivity contribution in [2.75, 3.05) is 45.8 Å². The summed E-state index contributed by atoms with van der Waals surface area (Å²) in [5.41, 5.74) is -0.415. The van der Waals surface area contributed by atoms with Crippen molar-refractivity contribution in [3.05, 3.63) is 12.2 Å². The summed E-state index contributed by atoms with van der Waals surface area (Å²) in [6.07, 6.45) is 23.7. The van der Waals surface area contributed by atoms with Gasteiger partial charge in [-0.25, -0.2) is 4.79 Å². The third kappa shape index (κ3) is 18.3. The van der Waals surface area contributed by atoms with Crippen molar-refractivity contribution in [2.45, 2.75) is 123 Å².